The maximum atomic E-state index is 11.9. The number of aromatic nitrogens is 1. The molecular formula is C26H27ClIN3O3S. The van der Waals surface area contributed by atoms with Crippen LogP contribution in [0.5, 0.6) is 5.75 Å². The minimum atomic E-state index is -0.522. The highest BCUT2D eigenvalue weighted by Crippen LogP contribution is 2.42. The highest BCUT2D eigenvalue weighted by molar-refractivity contribution is 14.2. The van der Waals surface area contributed by atoms with Crippen molar-refractivity contribution in [3.8, 4) is 5.75 Å². The number of ether oxygens (including phenoxy) is 2. The van der Waals surface area contributed by atoms with Crippen LogP contribution in [0.3, 0.4) is 0 Å². The molecule has 1 amide bonds. The van der Waals surface area contributed by atoms with Crippen LogP contribution in [0.15, 0.2) is 60.7 Å². The van der Waals surface area contributed by atoms with E-state index >= 15 is 0 Å². The van der Waals surface area contributed by atoms with Crippen LogP contribution in [0, 0.1) is 0 Å². The summed E-state index contributed by atoms with van der Waals surface area (Å²) >= 11 is 8.64. The summed E-state index contributed by atoms with van der Waals surface area (Å²) in [5.41, 5.74) is 3.44. The minimum Gasteiger partial charge on any atom is -0.491 e. The molecule has 2 N–H and O–H groups in total. The molecule has 35 heavy (non-hydrogen) atoms. The van der Waals surface area contributed by atoms with Crippen LogP contribution in [-0.4, -0.2) is 28.8 Å². The number of carbonyl (C=O) groups is 1. The van der Waals surface area contributed by atoms with Crippen molar-refractivity contribution in [3.05, 3.63) is 65.7 Å². The van der Waals surface area contributed by atoms with Gasteiger partial charge in [0.25, 0.3) is 0 Å². The van der Waals surface area contributed by atoms with E-state index in [1.165, 1.54) is 0 Å². The second-order valence-electron chi connectivity index (χ2n) is 9.02. The lowest BCUT2D eigenvalue weighted by Crippen LogP contribution is -2.33. The number of nitrogens with one attached hydrogen (secondary N) is 2. The van der Waals surface area contributed by atoms with Gasteiger partial charge in [0.15, 0.2) is 0 Å². The average Bonchev–Trinajstić information content (AvgIpc) is 3.11. The van der Waals surface area contributed by atoms with Crippen LogP contribution in [0.2, 0.25) is 5.02 Å². The molecule has 6 nitrogen and oxygen atoms in total. The molecule has 0 aliphatic heterocycles. The van der Waals surface area contributed by atoms with E-state index < -0.39 is 11.7 Å². The number of para-hydroxylation sites is 1. The first-order chi connectivity index (χ1) is 16.7. The Balaban J connectivity index is 1.61. The van der Waals surface area contributed by atoms with Crippen LogP contribution < -0.4 is 15.4 Å². The van der Waals surface area contributed by atoms with Gasteiger partial charge in [0.2, 0.25) is 0 Å². The van der Waals surface area contributed by atoms with Crippen molar-refractivity contribution in [1.82, 2.24) is 9.29 Å². The lowest BCUT2D eigenvalue weighted by atomic mass is 10.1. The molecule has 0 bridgehead atoms. The van der Waals surface area contributed by atoms with E-state index in [1.54, 1.807) is 9.12 Å². The molecule has 0 saturated heterocycles. The Hall–Kier alpha value is -2.30. The Bertz CT molecular complexity index is 1340. The first kappa shape index (κ1) is 25.8. The number of hydrogen-bond acceptors (Lipinski definition) is 5. The number of anilines is 2. The quantitative estimate of drug-likeness (QED) is 0.153. The van der Waals surface area contributed by atoms with Gasteiger partial charge in [-0.15, -0.1) is 0 Å². The summed E-state index contributed by atoms with van der Waals surface area (Å²) in [5, 5.41) is 9.05. The summed E-state index contributed by atoms with van der Waals surface area (Å²) in [6, 6.07) is 20.1. The molecule has 4 rings (SSSR count). The second-order valence-corrected chi connectivity index (χ2v) is 11.1. The Morgan fingerprint density at radius 1 is 1.06 bits per heavy atom. The smallest absolute Gasteiger partial charge is 0.407 e. The molecule has 3 aromatic carbocycles. The number of fused-ring (bicyclic) bond motifs is 3. The molecule has 0 radical (unpaired) electrons. The maximum absolute atomic E-state index is 11.9. The van der Waals surface area contributed by atoms with Crippen molar-refractivity contribution < 1.29 is 14.3 Å². The fourth-order valence-electron chi connectivity index (χ4n) is 3.75. The van der Waals surface area contributed by atoms with E-state index in [0.717, 1.165) is 38.9 Å². The number of benzene rings is 3. The molecule has 184 valence electrons. The molecule has 4 aromatic rings. The van der Waals surface area contributed by atoms with E-state index in [-0.39, 0.29) is 0 Å². The van der Waals surface area contributed by atoms with E-state index in [0.29, 0.717) is 24.6 Å². The van der Waals surface area contributed by atoms with Crippen molar-refractivity contribution >= 4 is 81.2 Å². The fourth-order valence-corrected chi connectivity index (χ4v) is 5.64. The van der Waals surface area contributed by atoms with Crippen LogP contribution in [0.4, 0.5) is 16.2 Å². The second kappa shape index (κ2) is 11.2. The molecule has 9 heteroatoms. The first-order valence-electron chi connectivity index (χ1n) is 11.2. The normalized spacial score (nSPS) is 11.6. The van der Waals surface area contributed by atoms with Crippen molar-refractivity contribution in [2.45, 2.75) is 32.8 Å². The van der Waals surface area contributed by atoms with Crippen molar-refractivity contribution in [2.24, 2.45) is 0 Å². The zero-order chi connectivity index (χ0) is 25.0. The summed E-state index contributed by atoms with van der Waals surface area (Å²) in [5.74, 6) is 0.759. The largest absolute Gasteiger partial charge is 0.491 e. The molecule has 1 aromatic heterocycles. The van der Waals surface area contributed by atoms with Crippen LogP contribution in [0.25, 0.3) is 21.8 Å². The number of carbonyl (C=O) groups excluding carboxylic acids is 1. The van der Waals surface area contributed by atoms with E-state index in [2.05, 4.69) is 41.9 Å². The molecular weight excluding hydrogens is 597 g/mol. The summed E-state index contributed by atoms with van der Waals surface area (Å²) < 4.78 is 13.7. The fraction of sp³-hybridized carbons (Fsp3) is 0.269. The van der Waals surface area contributed by atoms with E-state index in [1.807, 2.05) is 75.4 Å². The zero-order valence-electron chi connectivity index (χ0n) is 19.7. The SMILES string of the molecule is CC(C)(C)OC(=O)NCCCOc1cc(Nc2ccccc2)cc2c3cc(Cl)ccc3n(SI)c12. The monoisotopic (exact) mass is 623 g/mol. The Labute approximate surface area is 226 Å². The number of nitrogens with zero attached hydrogens (tertiary/aromatic N) is 1. The third kappa shape index (κ3) is 6.48. The predicted octanol–water partition coefficient (Wildman–Crippen LogP) is 8.33. The van der Waals surface area contributed by atoms with E-state index in [4.69, 9.17) is 21.1 Å². The van der Waals surface area contributed by atoms with Gasteiger partial charge in [0.05, 0.1) is 12.1 Å². The Kier molecular flexibility index (Phi) is 8.23. The van der Waals surface area contributed by atoms with Gasteiger partial charge in [0.1, 0.15) is 16.9 Å². The zero-order valence-corrected chi connectivity index (χ0v) is 23.5. The van der Waals surface area contributed by atoms with Gasteiger partial charge in [-0.3, -0.25) is 3.97 Å². The molecule has 0 unspecified atom stereocenters. The van der Waals surface area contributed by atoms with Crippen LogP contribution >= 0.6 is 41.9 Å². The Morgan fingerprint density at radius 2 is 1.83 bits per heavy atom. The summed E-state index contributed by atoms with van der Waals surface area (Å²) in [6.07, 6.45) is 0.216. The maximum Gasteiger partial charge on any atom is 0.407 e. The number of hydrogen-bond donors (Lipinski definition) is 2. The first-order valence-corrected chi connectivity index (χ1v) is 14.9. The number of rotatable bonds is 8. The molecule has 0 spiro atoms. The third-order valence-electron chi connectivity index (χ3n) is 5.12. The van der Waals surface area contributed by atoms with Gasteiger partial charge >= 0.3 is 6.09 Å². The molecule has 0 aliphatic carbocycles. The van der Waals surface area contributed by atoms with E-state index in [9.17, 15) is 4.79 Å². The van der Waals surface area contributed by atoms with Gasteiger partial charge in [0, 0.05) is 70.1 Å². The lowest BCUT2D eigenvalue weighted by Gasteiger charge is -2.19. The molecule has 0 fully saturated rings. The standard InChI is InChI=1S/C26H27ClIN3O3S/c1-26(2,3)34-25(32)29-12-7-13-33-23-16-19(30-18-8-5-4-6-9-18)15-21-20-14-17(27)10-11-22(20)31(35-28)24(21)23/h4-6,8-11,14-16,30H,7,12-13H2,1-3H3,(H,29,32). The van der Waals surface area contributed by atoms with Crippen molar-refractivity contribution in [2.75, 3.05) is 18.5 Å². The summed E-state index contributed by atoms with van der Waals surface area (Å²) in [7, 11) is 1.59. The average molecular weight is 624 g/mol. The Morgan fingerprint density at radius 3 is 2.54 bits per heavy atom. The van der Waals surface area contributed by atoms with Gasteiger partial charge in [-0.1, -0.05) is 29.8 Å². The summed E-state index contributed by atoms with van der Waals surface area (Å²) in [6.45, 7) is 6.42. The van der Waals surface area contributed by atoms with Gasteiger partial charge in [-0.25, -0.2) is 4.79 Å². The van der Waals surface area contributed by atoms with Gasteiger partial charge in [-0.05, 0) is 63.6 Å². The third-order valence-corrected chi connectivity index (χ3v) is 7.06. The molecule has 0 atom stereocenters. The minimum absolute atomic E-state index is 0.424. The van der Waals surface area contributed by atoms with Gasteiger partial charge in [-0.2, -0.15) is 0 Å². The number of alkyl carbamates (subject to hydrolysis) is 1. The van der Waals surface area contributed by atoms with Gasteiger partial charge < -0.3 is 20.1 Å². The van der Waals surface area contributed by atoms with Crippen molar-refractivity contribution in [3.63, 3.8) is 0 Å². The lowest BCUT2D eigenvalue weighted by molar-refractivity contribution is 0.0525. The predicted molar refractivity (Wildman–Crippen MR) is 156 cm³/mol. The number of amides is 1. The molecule has 1 heterocycles. The van der Waals surface area contributed by atoms with Crippen molar-refractivity contribution in [1.29, 1.82) is 0 Å². The highest BCUT2D eigenvalue weighted by atomic mass is 127. The summed E-state index contributed by atoms with van der Waals surface area (Å²) in [4.78, 5) is 11.9. The van der Waals surface area contributed by atoms with Crippen LogP contribution in [-0.2, 0) is 4.74 Å². The molecule has 0 aliphatic rings. The highest BCUT2D eigenvalue weighted by Gasteiger charge is 2.18. The molecule has 0 saturated carbocycles. The number of halogens is 2. The topological polar surface area (TPSA) is 64.5 Å². The van der Waals surface area contributed by atoms with Crippen LogP contribution in [0.1, 0.15) is 27.2 Å².